The Labute approximate surface area is 618 Å². The second-order valence-corrected chi connectivity index (χ2v) is 63.9. The highest BCUT2D eigenvalue weighted by atomic mass is 79.9. The molecular formula is C68H72Br8O8Si8. The summed E-state index contributed by atoms with van der Waals surface area (Å²) >= 11 is 30.2. The van der Waals surface area contributed by atoms with Crippen molar-refractivity contribution in [3.8, 4) is 0 Å². The molecule has 0 N–H and O–H groups in total. The number of rotatable bonds is 24. The van der Waals surface area contributed by atoms with Crippen LogP contribution in [0.3, 0.4) is 0 Å². The van der Waals surface area contributed by atoms with Crippen LogP contribution in [0.2, 0.25) is 71.0 Å². The Hall–Kier alpha value is -0.985. The first-order valence-corrected chi connectivity index (χ1v) is 56.0. The first kappa shape index (κ1) is 69.5. The maximum atomic E-state index is 9.03. The molecule has 6 fully saturated rings. The van der Waals surface area contributed by atoms with Crippen LogP contribution in [0.4, 0.5) is 0 Å². The second kappa shape index (κ2) is 29.7. The van der Waals surface area contributed by atoms with Gasteiger partial charge in [0, 0.05) is 58.5 Å². The quantitative estimate of drug-likeness (QED) is 0.0554. The summed E-state index contributed by atoms with van der Waals surface area (Å²) in [4.78, 5) is 0. The lowest BCUT2D eigenvalue weighted by atomic mass is 10.2. The van der Waals surface area contributed by atoms with Gasteiger partial charge in [0.1, 0.15) is 0 Å². The summed E-state index contributed by atoms with van der Waals surface area (Å²) in [5.74, 6) is 0. The van der Waals surface area contributed by atoms with E-state index in [1.165, 1.54) is 44.5 Å². The number of hydrogen-bond acceptors (Lipinski definition) is 8. The van der Waals surface area contributed by atoms with Crippen LogP contribution < -0.4 is 0 Å². The van der Waals surface area contributed by atoms with Crippen molar-refractivity contribution in [1.29, 1.82) is 0 Å². The van der Waals surface area contributed by atoms with Crippen molar-refractivity contribution in [2.75, 3.05) is 0 Å². The maximum absolute atomic E-state index is 9.03. The molecule has 6 heterocycles. The van der Waals surface area contributed by atoms with Crippen LogP contribution in [0.5, 0.6) is 0 Å². The standard InChI is InChI=1S/C68H72Br8O8Si8/c69-61-17-1-53(2-18-61)33-41-85-49-86(42-34-54-3-19-62(70)20-4-54)78-89(45-37-57-9-25-65(73)26-10-57)50-87(77-85,43-35-55-5-21-63(71)22-6-55)83-90(46-38-58-11-27-66(74)28-12-58)51-88(81-85,44-36-56-7-23-64(72)24-8-56)79-91(82-86,47-39-59-13-29-67(75)30-14-59)52-92(80-90,84-89)48-40-60-15-31-68(76)32-16-60/h1-32H,33-52H2. The van der Waals surface area contributed by atoms with Gasteiger partial charge in [0.2, 0.25) is 0 Å². The fourth-order valence-corrected chi connectivity index (χ4v) is 88.3. The Morgan fingerprint density at radius 3 is 0.370 bits per heavy atom. The molecule has 8 nitrogen and oxygen atoms in total. The van der Waals surface area contributed by atoms with Crippen LogP contribution in [0.1, 0.15) is 44.5 Å². The molecule has 14 rings (SSSR count). The molecule has 0 amide bonds. The lowest BCUT2D eigenvalue weighted by Crippen LogP contribution is -2.85. The number of benzene rings is 8. The Bertz CT molecular complexity index is 3000. The van der Waals surface area contributed by atoms with Gasteiger partial charge in [0.25, 0.3) is 0 Å². The highest BCUT2D eigenvalue weighted by molar-refractivity contribution is 9.11. The summed E-state index contributed by atoms with van der Waals surface area (Å²) in [5, 5.41) is 0. The van der Waals surface area contributed by atoms with Crippen LogP contribution in [0.15, 0.2) is 230 Å². The SMILES string of the molecule is Brc1ccc(CC[Si]23C[Si]4(CCc5ccc(Br)cc5)O[Si]5(CCc6ccc(Br)cc6)C[Si]6(CCc7ccc(Br)cc7)O[Si](CCc7ccc(Br)cc7)(C[Si](CCc7ccc(Br)cc7)(O2)O5)O[Si](CCc2ccc(Br)cc2)(C[Si](CCc2ccc(Br)cc2)(O4)O6)O3)cc1. The molecule has 6 aliphatic rings. The topological polar surface area (TPSA) is 73.8 Å². The van der Waals surface area contributed by atoms with E-state index in [-0.39, 0.29) is 0 Å². The number of hydrogen-bond donors (Lipinski definition) is 0. The minimum Gasteiger partial charge on any atom is -0.415 e. The zero-order chi connectivity index (χ0) is 63.7. The number of halogens is 8. The smallest absolute Gasteiger partial charge is 0.322 e. The van der Waals surface area contributed by atoms with E-state index in [2.05, 4.69) is 322 Å². The van der Waals surface area contributed by atoms with Crippen LogP contribution in [-0.2, 0) is 84.3 Å². The van der Waals surface area contributed by atoms with Gasteiger partial charge >= 0.3 is 68.5 Å². The Balaban J connectivity index is 1.09. The van der Waals surface area contributed by atoms with Crippen molar-refractivity contribution in [2.24, 2.45) is 0 Å². The van der Waals surface area contributed by atoms with Gasteiger partial charge in [-0.15, -0.1) is 0 Å². The van der Waals surface area contributed by atoms with Crippen molar-refractivity contribution in [1.82, 2.24) is 0 Å². The van der Waals surface area contributed by atoms with Crippen molar-refractivity contribution >= 4 is 196 Å². The molecule has 0 aliphatic carbocycles. The van der Waals surface area contributed by atoms with Gasteiger partial charge in [-0.05, 0) is 241 Å². The molecule has 0 radical (unpaired) electrons. The van der Waals surface area contributed by atoms with Crippen molar-refractivity contribution in [3.63, 3.8) is 0 Å². The van der Waals surface area contributed by atoms with Gasteiger partial charge in [0.15, 0.2) is 0 Å². The lowest BCUT2D eigenvalue weighted by molar-refractivity contribution is 0.163. The molecule has 0 atom stereocenters. The minimum atomic E-state index is -3.67. The Morgan fingerprint density at radius 1 is 0.174 bits per heavy atom. The van der Waals surface area contributed by atoms with E-state index in [1.807, 2.05) is 0 Å². The summed E-state index contributed by atoms with van der Waals surface area (Å²) in [7, 11) is -29.4. The van der Waals surface area contributed by atoms with Crippen LogP contribution in [0, 0.1) is 0 Å². The van der Waals surface area contributed by atoms with Crippen molar-refractivity contribution in [2.45, 2.75) is 122 Å². The van der Waals surface area contributed by atoms with E-state index >= 15 is 0 Å². The first-order chi connectivity index (χ1) is 44.3. The molecule has 0 saturated carbocycles. The molecule has 92 heavy (non-hydrogen) atoms. The molecule has 0 spiro atoms. The van der Waals surface area contributed by atoms with Crippen LogP contribution >= 0.6 is 127 Å². The Kier molecular flexibility index (Phi) is 22.4. The van der Waals surface area contributed by atoms with Gasteiger partial charge in [0.05, 0.1) is 0 Å². The minimum absolute atomic E-state index is 0.602. The van der Waals surface area contributed by atoms with E-state index in [9.17, 15) is 0 Å². The molecule has 6 saturated heterocycles. The zero-order valence-electron chi connectivity index (χ0n) is 50.9. The van der Waals surface area contributed by atoms with E-state index in [0.717, 1.165) is 87.1 Å². The summed E-state index contributed by atoms with van der Waals surface area (Å²) in [6, 6.07) is 76.5. The van der Waals surface area contributed by atoms with Gasteiger partial charge in [-0.1, -0.05) is 225 Å². The first-order valence-electron chi connectivity index (χ1n) is 31.8. The second-order valence-electron chi connectivity index (χ2n) is 25.8. The molecule has 0 aromatic heterocycles. The third-order valence-electron chi connectivity index (χ3n) is 18.8. The summed E-state index contributed by atoms with van der Waals surface area (Å²) in [5.41, 5.74) is 12.3. The molecular weight excluding hydrogens is 1810 g/mol. The van der Waals surface area contributed by atoms with Crippen molar-refractivity contribution < 1.29 is 32.9 Å². The van der Waals surface area contributed by atoms with E-state index in [0.29, 0.717) is 71.0 Å². The largest absolute Gasteiger partial charge is 0.415 e. The predicted octanol–water partition coefficient (Wildman–Crippen LogP) is 21.9. The van der Waals surface area contributed by atoms with Crippen molar-refractivity contribution in [3.05, 3.63) is 274 Å². The van der Waals surface area contributed by atoms with Crippen LogP contribution in [-0.4, -0.2) is 68.5 Å². The van der Waals surface area contributed by atoms with Gasteiger partial charge in [-0.2, -0.15) is 0 Å². The molecule has 8 aromatic carbocycles. The monoisotopic (exact) mass is 1870 g/mol. The third kappa shape index (κ3) is 17.4. The van der Waals surface area contributed by atoms with E-state index < -0.39 is 68.5 Å². The van der Waals surface area contributed by atoms with Gasteiger partial charge < -0.3 is 32.9 Å². The van der Waals surface area contributed by atoms with E-state index in [1.54, 1.807) is 0 Å². The molecule has 24 heteroatoms. The average molecular weight is 1880 g/mol. The molecule has 8 aromatic rings. The Morgan fingerprint density at radius 2 is 0.272 bits per heavy atom. The normalized spacial score (nSPS) is 28.1. The van der Waals surface area contributed by atoms with E-state index in [4.69, 9.17) is 32.9 Å². The van der Waals surface area contributed by atoms with Gasteiger partial charge in [-0.25, -0.2) is 0 Å². The highest BCUT2D eigenvalue weighted by Gasteiger charge is 2.78. The van der Waals surface area contributed by atoms with Crippen LogP contribution in [0.25, 0.3) is 0 Å². The summed E-state index contributed by atoms with van der Waals surface area (Å²) in [6.45, 7) is 0. The highest BCUT2D eigenvalue weighted by Crippen LogP contribution is 2.59. The lowest BCUT2D eigenvalue weighted by Gasteiger charge is -2.66. The summed E-state index contributed by atoms with van der Waals surface area (Å²) < 4.78 is 80.5. The number of aryl methyl sites for hydroxylation is 8. The molecule has 480 valence electrons. The zero-order valence-corrected chi connectivity index (χ0v) is 71.6. The molecule has 8 bridgehead atoms. The van der Waals surface area contributed by atoms with Gasteiger partial charge in [-0.3, -0.25) is 0 Å². The average Bonchev–Trinajstić information content (AvgIpc) is 0.687. The third-order valence-corrected chi connectivity index (χ3v) is 72.2. The summed E-state index contributed by atoms with van der Waals surface area (Å²) in [6.07, 6.45) is 6.07. The fraction of sp³-hybridized carbons (Fsp3) is 0.294. The maximum Gasteiger partial charge on any atom is 0.322 e. The predicted molar refractivity (Wildman–Crippen MR) is 415 cm³/mol. The fourth-order valence-electron chi connectivity index (χ4n) is 14.5. The molecule has 0 unspecified atom stereocenters. The molecule has 6 aliphatic heterocycles.